The molecule has 0 radical (unpaired) electrons. The van der Waals surface area contributed by atoms with Crippen LogP contribution in [0.1, 0.15) is 31.2 Å². The quantitative estimate of drug-likeness (QED) is 0.628. The van der Waals surface area contributed by atoms with E-state index in [0.29, 0.717) is 12.8 Å². The van der Waals surface area contributed by atoms with Crippen molar-refractivity contribution in [3.8, 4) is 0 Å². The van der Waals surface area contributed by atoms with Gasteiger partial charge in [0.2, 0.25) is 0 Å². The first kappa shape index (κ1) is 14.7. The van der Waals surface area contributed by atoms with Crippen LogP contribution in [0.25, 0.3) is 0 Å². The molecule has 1 saturated carbocycles. The molecule has 104 valence electrons. The van der Waals surface area contributed by atoms with E-state index in [9.17, 15) is 23.1 Å². The highest BCUT2D eigenvalue weighted by Gasteiger charge is 2.47. The van der Waals surface area contributed by atoms with E-state index in [1.165, 1.54) is 0 Å². The van der Waals surface area contributed by atoms with Gasteiger partial charge in [0.1, 0.15) is 5.02 Å². The summed E-state index contributed by atoms with van der Waals surface area (Å²) in [4.78, 5) is 11.5. The van der Waals surface area contributed by atoms with Crippen molar-refractivity contribution in [1.82, 2.24) is 0 Å². The van der Waals surface area contributed by atoms with Crippen molar-refractivity contribution in [2.75, 3.05) is 0 Å². The molecule has 1 aliphatic rings. The first-order valence-electron chi connectivity index (χ1n) is 5.58. The summed E-state index contributed by atoms with van der Waals surface area (Å²) in [5.41, 5.74) is -2.09. The molecule has 0 bridgehead atoms. The Balaban J connectivity index is 2.78. The lowest BCUT2D eigenvalue weighted by Gasteiger charge is -2.26. The first-order chi connectivity index (χ1) is 8.83. The van der Waals surface area contributed by atoms with Crippen LogP contribution in [0.4, 0.5) is 13.2 Å². The largest absolute Gasteiger partial charge is 0.481 e. The van der Waals surface area contributed by atoms with Crippen LogP contribution in [0.2, 0.25) is 5.02 Å². The van der Waals surface area contributed by atoms with E-state index in [-0.39, 0.29) is 12.8 Å². The minimum Gasteiger partial charge on any atom is -0.481 e. The van der Waals surface area contributed by atoms with Crippen LogP contribution in [-0.2, 0) is 10.2 Å². The Labute approximate surface area is 120 Å². The topological polar surface area (TPSA) is 37.3 Å². The van der Waals surface area contributed by atoms with E-state index in [2.05, 4.69) is 15.9 Å². The van der Waals surface area contributed by atoms with E-state index >= 15 is 0 Å². The summed E-state index contributed by atoms with van der Waals surface area (Å²) in [6.45, 7) is 0. The van der Waals surface area contributed by atoms with Crippen molar-refractivity contribution in [2.24, 2.45) is 0 Å². The molecule has 2 nitrogen and oxygen atoms in total. The molecule has 0 unspecified atom stereocenters. The van der Waals surface area contributed by atoms with E-state index in [1.807, 2.05) is 0 Å². The van der Waals surface area contributed by atoms with E-state index in [0.717, 1.165) is 0 Å². The lowest BCUT2D eigenvalue weighted by Crippen LogP contribution is -2.34. The Hall–Kier alpha value is -0.750. The number of halogens is 5. The van der Waals surface area contributed by atoms with Gasteiger partial charge in [-0.2, -0.15) is 0 Å². The number of hydrogen-bond acceptors (Lipinski definition) is 1. The molecule has 0 spiro atoms. The highest BCUT2D eigenvalue weighted by molar-refractivity contribution is 9.10. The standard InChI is InChI=1S/C12H9BrClF3O2/c13-6-5(8(15)10(17)7(14)9(6)16)12(11(18)19)3-1-2-4-12/h1-4H2,(H,18,19). The molecule has 0 amide bonds. The van der Waals surface area contributed by atoms with E-state index < -0.39 is 43.9 Å². The second-order valence-electron chi connectivity index (χ2n) is 4.54. The Morgan fingerprint density at radius 3 is 2.16 bits per heavy atom. The second kappa shape index (κ2) is 4.98. The number of carbonyl (C=O) groups is 1. The van der Waals surface area contributed by atoms with Crippen molar-refractivity contribution in [1.29, 1.82) is 0 Å². The zero-order chi connectivity index (χ0) is 14.4. The van der Waals surface area contributed by atoms with Crippen molar-refractivity contribution in [3.63, 3.8) is 0 Å². The van der Waals surface area contributed by atoms with Gasteiger partial charge >= 0.3 is 5.97 Å². The fourth-order valence-electron chi connectivity index (χ4n) is 2.57. The SMILES string of the molecule is O=C(O)C1(c2c(F)c(F)c(Cl)c(F)c2Br)CCCC1. The number of rotatable bonds is 2. The van der Waals surface area contributed by atoms with Crippen LogP contribution in [-0.4, -0.2) is 11.1 Å². The molecule has 0 aliphatic heterocycles. The molecule has 2 rings (SSSR count). The van der Waals surface area contributed by atoms with Crippen molar-refractivity contribution >= 4 is 33.5 Å². The molecule has 0 heterocycles. The summed E-state index contributed by atoms with van der Waals surface area (Å²) in [5, 5.41) is 8.37. The Bertz CT molecular complexity index is 527. The average Bonchev–Trinajstić information content (AvgIpc) is 2.85. The van der Waals surface area contributed by atoms with Crippen molar-refractivity contribution < 1.29 is 23.1 Å². The van der Waals surface area contributed by atoms with Gasteiger partial charge in [-0.25, -0.2) is 13.2 Å². The minimum absolute atomic E-state index is 0.137. The fourth-order valence-corrected chi connectivity index (χ4v) is 3.62. The molecule has 19 heavy (non-hydrogen) atoms. The summed E-state index contributed by atoms with van der Waals surface area (Å²) in [7, 11) is 0. The predicted octanol–water partition coefficient (Wildman–Crippen LogP) is 4.42. The van der Waals surface area contributed by atoms with Gasteiger partial charge in [0, 0.05) is 5.56 Å². The molecule has 1 fully saturated rings. The lowest BCUT2D eigenvalue weighted by atomic mass is 9.78. The summed E-state index contributed by atoms with van der Waals surface area (Å²) in [5.74, 6) is -5.42. The molecule has 1 aromatic carbocycles. The molecular formula is C12H9BrClF3O2. The summed E-state index contributed by atoms with van der Waals surface area (Å²) in [6.07, 6.45) is 1.39. The lowest BCUT2D eigenvalue weighted by molar-refractivity contribution is -0.143. The van der Waals surface area contributed by atoms with Gasteiger partial charge in [-0.15, -0.1) is 0 Å². The third-order valence-electron chi connectivity index (χ3n) is 3.55. The van der Waals surface area contributed by atoms with Gasteiger partial charge in [0.15, 0.2) is 17.5 Å². The molecule has 7 heteroatoms. The van der Waals surface area contributed by atoms with Gasteiger partial charge in [-0.3, -0.25) is 4.79 Å². The van der Waals surface area contributed by atoms with Crippen LogP contribution in [0.5, 0.6) is 0 Å². The molecule has 0 atom stereocenters. The number of hydrogen-bond donors (Lipinski definition) is 1. The van der Waals surface area contributed by atoms with Crippen LogP contribution in [0.3, 0.4) is 0 Å². The molecular weight excluding hydrogens is 348 g/mol. The molecule has 0 saturated heterocycles. The van der Waals surface area contributed by atoms with E-state index in [1.54, 1.807) is 0 Å². The highest BCUT2D eigenvalue weighted by Crippen LogP contribution is 2.47. The van der Waals surface area contributed by atoms with Crippen molar-refractivity contribution in [2.45, 2.75) is 31.1 Å². The third kappa shape index (κ3) is 2.05. The normalized spacial score (nSPS) is 17.7. The van der Waals surface area contributed by atoms with Crippen LogP contribution >= 0.6 is 27.5 Å². The van der Waals surface area contributed by atoms with Crippen LogP contribution < -0.4 is 0 Å². The molecule has 1 aliphatic carbocycles. The number of carboxylic acid groups (broad SMARTS) is 1. The monoisotopic (exact) mass is 356 g/mol. The summed E-state index contributed by atoms with van der Waals surface area (Å²) < 4.78 is 40.9. The Morgan fingerprint density at radius 1 is 1.16 bits per heavy atom. The maximum Gasteiger partial charge on any atom is 0.314 e. The first-order valence-corrected chi connectivity index (χ1v) is 6.75. The molecule has 0 aromatic heterocycles. The van der Waals surface area contributed by atoms with Crippen LogP contribution in [0.15, 0.2) is 4.47 Å². The van der Waals surface area contributed by atoms with Gasteiger partial charge in [0.25, 0.3) is 0 Å². The zero-order valence-corrected chi connectivity index (χ0v) is 11.9. The third-order valence-corrected chi connectivity index (χ3v) is 4.63. The predicted molar refractivity (Wildman–Crippen MR) is 66.8 cm³/mol. The fraction of sp³-hybridized carbons (Fsp3) is 0.417. The minimum atomic E-state index is -1.60. The van der Waals surface area contributed by atoms with Gasteiger partial charge in [-0.05, 0) is 28.8 Å². The second-order valence-corrected chi connectivity index (χ2v) is 5.71. The number of carboxylic acids is 1. The maximum absolute atomic E-state index is 14.0. The van der Waals surface area contributed by atoms with Gasteiger partial charge in [0.05, 0.1) is 9.89 Å². The molecule has 1 aromatic rings. The van der Waals surface area contributed by atoms with Crippen LogP contribution in [0, 0.1) is 17.5 Å². The summed E-state index contributed by atoms with van der Waals surface area (Å²) in [6, 6.07) is 0. The smallest absolute Gasteiger partial charge is 0.314 e. The van der Waals surface area contributed by atoms with Gasteiger partial charge in [-0.1, -0.05) is 24.4 Å². The Kier molecular flexibility index (Phi) is 3.84. The summed E-state index contributed by atoms with van der Waals surface area (Å²) >= 11 is 8.12. The van der Waals surface area contributed by atoms with E-state index in [4.69, 9.17) is 11.6 Å². The Morgan fingerprint density at radius 2 is 1.68 bits per heavy atom. The molecule has 1 N–H and O–H groups in total. The number of benzene rings is 1. The average molecular weight is 358 g/mol. The zero-order valence-electron chi connectivity index (χ0n) is 9.57. The highest BCUT2D eigenvalue weighted by atomic mass is 79.9. The maximum atomic E-state index is 14.0. The van der Waals surface area contributed by atoms with Crippen molar-refractivity contribution in [3.05, 3.63) is 32.5 Å². The van der Waals surface area contributed by atoms with Gasteiger partial charge < -0.3 is 5.11 Å². The number of aliphatic carboxylic acids is 1.